The van der Waals surface area contributed by atoms with Gasteiger partial charge in [0.1, 0.15) is 17.5 Å². The van der Waals surface area contributed by atoms with Crippen LogP contribution >= 0.6 is 0 Å². The van der Waals surface area contributed by atoms with Crippen molar-refractivity contribution in [3.05, 3.63) is 65.2 Å². The molecule has 1 aromatic heterocycles. The lowest BCUT2D eigenvalue weighted by molar-refractivity contribution is 0.408. The summed E-state index contributed by atoms with van der Waals surface area (Å²) in [4.78, 5) is 3.83. The van der Waals surface area contributed by atoms with Crippen LogP contribution in [0.1, 0.15) is 43.0 Å². The van der Waals surface area contributed by atoms with Gasteiger partial charge in [-0.3, -0.25) is 4.98 Å². The molecule has 1 heterocycles. The van der Waals surface area contributed by atoms with Crippen LogP contribution in [-0.2, 0) is 0 Å². The van der Waals surface area contributed by atoms with Gasteiger partial charge in [0.15, 0.2) is 0 Å². The third-order valence-electron chi connectivity index (χ3n) is 4.04. The van der Waals surface area contributed by atoms with Crippen LogP contribution < -0.4 is 5.32 Å². The fourth-order valence-corrected chi connectivity index (χ4v) is 2.69. The van der Waals surface area contributed by atoms with Crippen molar-refractivity contribution in [1.82, 2.24) is 10.3 Å². The zero-order valence-corrected chi connectivity index (χ0v) is 12.2. The monoisotopic (exact) mass is 306 g/mol. The number of rotatable bonds is 5. The molecule has 0 bridgehead atoms. The van der Waals surface area contributed by atoms with Gasteiger partial charge < -0.3 is 5.32 Å². The largest absolute Gasteiger partial charge is 0.303 e. The molecule has 1 aromatic carbocycles. The zero-order valence-electron chi connectivity index (χ0n) is 12.2. The van der Waals surface area contributed by atoms with Gasteiger partial charge >= 0.3 is 0 Å². The van der Waals surface area contributed by atoms with Crippen molar-refractivity contribution < 1.29 is 13.2 Å². The highest BCUT2D eigenvalue weighted by molar-refractivity contribution is 5.25. The molecule has 2 aromatic rings. The first kappa shape index (κ1) is 15.0. The Bertz CT molecular complexity index is 671. The highest BCUT2D eigenvalue weighted by Gasteiger charge is 2.35. The number of pyridine rings is 1. The molecule has 0 aliphatic heterocycles. The highest BCUT2D eigenvalue weighted by Crippen LogP contribution is 2.43. The minimum Gasteiger partial charge on any atom is -0.303 e. The van der Waals surface area contributed by atoms with Crippen LogP contribution in [-0.4, -0.2) is 4.98 Å². The molecule has 3 rings (SSSR count). The zero-order chi connectivity index (χ0) is 15.7. The highest BCUT2D eigenvalue weighted by atomic mass is 19.1. The van der Waals surface area contributed by atoms with E-state index in [4.69, 9.17) is 0 Å². The molecule has 2 atom stereocenters. The molecule has 22 heavy (non-hydrogen) atoms. The SMILES string of the molecule is C[C@@H](N[C@@H](c1cc(F)ccc1F)C1CC1)c1cncc(F)c1. The molecule has 116 valence electrons. The van der Waals surface area contributed by atoms with E-state index in [-0.39, 0.29) is 18.0 Å². The van der Waals surface area contributed by atoms with Gasteiger partial charge in [-0.2, -0.15) is 0 Å². The molecule has 2 nitrogen and oxygen atoms in total. The molecule has 0 radical (unpaired) electrons. The minimum atomic E-state index is -0.455. The number of hydrogen-bond donors (Lipinski definition) is 1. The first-order chi connectivity index (χ1) is 10.5. The van der Waals surface area contributed by atoms with Crippen LogP contribution in [0.5, 0.6) is 0 Å². The molecule has 0 amide bonds. The number of halogens is 3. The topological polar surface area (TPSA) is 24.9 Å². The normalized spacial score (nSPS) is 17.3. The van der Waals surface area contributed by atoms with E-state index in [9.17, 15) is 13.2 Å². The average Bonchev–Trinajstić information content (AvgIpc) is 3.32. The summed E-state index contributed by atoms with van der Waals surface area (Å²) in [5.74, 6) is -1.01. The summed E-state index contributed by atoms with van der Waals surface area (Å²) < 4.78 is 40.8. The van der Waals surface area contributed by atoms with Crippen molar-refractivity contribution in [3.8, 4) is 0 Å². The van der Waals surface area contributed by atoms with Gasteiger partial charge in [0.25, 0.3) is 0 Å². The maximum Gasteiger partial charge on any atom is 0.141 e. The average molecular weight is 306 g/mol. The van der Waals surface area contributed by atoms with Crippen LogP contribution in [0, 0.1) is 23.4 Å². The summed E-state index contributed by atoms with van der Waals surface area (Å²) >= 11 is 0. The fourth-order valence-electron chi connectivity index (χ4n) is 2.69. The summed E-state index contributed by atoms with van der Waals surface area (Å²) in [7, 11) is 0. The van der Waals surface area contributed by atoms with Crippen LogP contribution in [0.25, 0.3) is 0 Å². The Labute approximate surface area is 127 Å². The first-order valence-electron chi connectivity index (χ1n) is 7.36. The van der Waals surface area contributed by atoms with Crippen molar-refractivity contribution in [3.63, 3.8) is 0 Å². The summed E-state index contributed by atoms with van der Waals surface area (Å²) in [6, 6.07) is 4.41. The smallest absolute Gasteiger partial charge is 0.141 e. The van der Waals surface area contributed by atoms with Gasteiger partial charge in [0, 0.05) is 23.8 Å². The molecule has 1 saturated carbocycles. The molecule has 0 spiro atoms. The Balaban J connectivity index is 1.84. The van der Waals surface area contributed by atoms with Crippen LogP contribution in [0.4, 0.5) is 13.2 Å². The Morgan fingerprint density at radius 3 is 2.55 bits per heavy atom. The molecule has 1 fully saturated rings. The Morgan fingerprint density at radius 2 is 1.86 bits per heavy atom. The second-order valence-electron chi connectivity index (χ2n) is 5.81. The van der Waals surface area contributed by atoms with E-state index in [0.717, 1.165) is 31.2 Å². The third-order valence-corrected chi connectivity index (χ3v) is 4.04. The predicted octanol–water partition coefficient (Wildman–Crippen LogP) is 4.30. The van der Waals surface area contributed by atoms with E-state index >= 15 is 0 Å². The van der Waals surface area contributed by atoms with E-state index in [0.29, 0.717) is 11.1 Å². The molecular formula is C17H17F3N2. The van der Waals surface area contributed by atoms with Crippen molar-refractivity contribution >= 4 is 0 Å². The quantitative estimate of drug-likeness (QED) is 0.891. The lowest BCUT2D eigenvalue weighted by atomic mass is 9.99. The third kappa shape index (κ3) is 3.30. The van der Waals surface area contributed by atoms with Crippen molar-refractivity contribution in [2.75, 3.05) is 0 Å². The van der Waals surface area contributed by atoms with E-state index < -0.39 is 17.5 Å². The summed E-state index contributed by atoms with van der Waals surface area (Å²) in [5, 5.41) is 3.29. The maximum absolute atomic E-state index is 14.0. The van der Waals surface area contributed by atoms with Gasteiger partial charge in [-0.15, -0.1) is 0 Å². The van der Waals surface area contributed by atoms with Gasteiger partial charge in [-0.05, 0) is 55.5 Å². The Hall–Kier alpha value is -1.88. The van der Waals surface area contributed by atoms with Gasteiger partial charge in [-0.1, -0.05) is 0 Å². The maximum atomic E-state index is 14.0. The lowest BCUT2D eigenvalue weighted by Gasteiger charge is -2.24. The predicted molar refractivity (Wildman–Crippen MR) is 77.6 cm³/mol. The molecular weight excluding hydrogens is 289 g/mol. The number of hydrogen-bond acceptors (Lipinski definition) is 2. The Kier molecular flexibility index (Phi) is 4.16. The van der Waals surface area contributed by atoms with Gasteiger partial charge in [0.2, 0.25) is 0 Å². The summed E-state index contributed by atoms with van der Waals surface area (Å²) in [6.07, 6.45) is 4.66. The molecule has 1 aliphatic rings. The summed E-state index contributed by atoms with van der Waals surface area (Å²) in [5.41, 5.74) is 1.01. The van der Waals surface area contributed by atoms with Gasteiger partial charge in [0.05, 0.1) is 6.20 Å². The molecule has 1 aliphatic carbocycles. The van der Waals surface area contributed by atoms with Crippen LogP contribution in [0.15, 0.2) is 36.7 Å². The van der Waals surface area contributed by atoms with E-state index in [1.807, 2.05) is 6.92 Å². The molecule has 0 unspecified atom stereocenters. The fraction of sp³-hybridized carbons (Fsp3) is 0.353. The van der Waals surface area contributed by atoms with E-state index in [2.05, 4.69) is 10.3 Å². The van der Waals surface area contributed by atoms with Crippen molar-refractivity contribution in [2.45, 2.75) is 31.8 Å². The van der Waals surface area contributed by atoms with Gasteiger partial charge in [-0.25, -0.2) is 13.2 Å². The lowest BCUT2D eigenvalue weighted by Crippen LogP contribution is -2.27. The molecule has 1 N–H and O–H groups in total. The summed E-state index contributed by atoms with van der Waals surface area (Å²) in [6.45, 7) is 1.86. The molecule has 5 heteroatoms. The van der Waals surface area contributed by atoms with Crippen molar-refractivity contribution in [1.29, 1.82) is 0 Å². The number of benzene rings is 1. The van der Waals surface area contributed by atoms with Crippen molar-refractivity contribution in [2.24, 2.45) is 5.92 Å². The second-order valence-corrected chi connectivity index (χ2v) is 5.81. The Morgan fingerprint density at radius 1 is 1.09 bits per heavy atom. The second kappa shape index (κ2) is 6.08. The van der Waals surface area contributed by atoms with Crippen LogP contribution in [0.2, 0.25) is 0 Å². The van der Waals surface area contributed by atoms with E-state index in [1.54, 1.807) is 6.20 Å². The number of aromatic nitrogens is 1. The minimum absolute atomic E-state index is 0.212. The number of nitrogens with one attached hydrogen (secondary N) is 1. The standard InChI is InChI=1S/C17H17F3N2/c1-10(12-6-14(19)9-21-8-12)22-17(11-2-3-11)15-7-13(18)4-5-16(15)20/h4-11,17,22H,2-3H2,1H3/t10-,17-/m1/s1. The van der Waals surface area contributed by atoms with Crippen LogP contribution in [0.3, 0.4) is 0 Å². The van der Waals surface area contributed by atoms with E-state index in [1.165, 1.54) is 12.1 Å². The first-order valence-corrected chi connectivity index (χ1v) is 7.36. The molecule has 0 saturated heterocycles. The number of nitrogens with zero attached hydrogens (tertiary/aromatic N) is 1.